The van der Waals surface area contributed by atoms with Gasteiger partial charge in [0.05, 0.1) is 17.8 Å². The van der Waals surface area contributed by atoms with Crippen LogP contribution in [0, 0.1) is 13.8 Å². The Morgan fingerprint density at radius 2 is 1.52 bits per heavy atom. The first-order valence-electron chi connectivity index (χ1n) is 11.3. The third kappa shape index (κ3) is 6.55. The topological polar surface area (TPSA) is 93.8 Å². The van der Waals surface area contributed by atoms with Crippen LogP contribution in [0.5, 0.6) is 0 Å². The summed E-state index contributed by atoms with van der Waals surface area (Å²) in [5.74, 6) is -0.187. The van der Waals surface area contributed by atoms with Gasteiger partial charge in [0.1, 0.15) is 0 Å². The molecule has 0 aromatic heterocycles. The number of urea groups is 1. The average molecular weight is 452 g/mol. The Morgan fingerprint density at radius 3 is 2.15 bits per heavy atom. The Balaban J connectivity index is 1.55. The highest BCUT2D eigenvalue weighted by Gasteiger charge is 2.25. The summed E-state index contributed by atoms with van der Waals surface area (Å²) >= 11 is 0. The Kier molecular flexibility index (Phi) is 8.06. The van der Waals surface area contributed by atoms with Crippen LogP contribution in [0.4, 0.5) is 16.2 Å². The molecule has 8 nitrogen and oxygen atoms in total. The van der Waals surface area contributed by atoms with E-state index in [0.29, 0.717) is 37.4 Å². The van der Waals surface area contributed by atoms with E-state index < -0.39 is 0 Å². The van der Waals surface area contributed by atoms with Crippen molar-refractivity contribution in [1.29, 1.82) is 0 Å². The number of anilines is 2. The van der Waals surface area contributed by atoms with Crippen LogP contribution in [0.15, 0.2) is 42.5 Å². The summed E-state index contributed by atoms with van der Waals surface area (Å²) in [6.45, 7) is 10.2. The number of hydrogen-bond donors (Lipinski definition) is 3. The van der Waals surface area contributed by atoms with Crippen LogP contribution in [-0.4, -0.2) is 66.4 Å². The SMILES string of the molecule is Cc1cccc(C)c1NC(=O)CN1CCN(C(=O)c2ccccc2NC(=O)NC(C)C)CC1. The van der Waals surface area contributed by atoms with Gasteiger partial charge in [-0.1, -0.05) is 30.3 Å². The molecule has 0 bridgehead atoms. The van der Waals surface area contributed by atoms with Crippen LogP contribution in [0.25, 0.3) is 0 Å². The smallest absolute Gasteiger partial charge is 0.319 e. The van der Waals surface area contributed by atoms with Gasteiger partial charge in [0, 0.05) is 37.9 Å². The van der Waals surface area contributed by atoms with Crippen molar-refractivity contribution in [3.05, 3.63) is 59.2 Å². The molecule has 176 valence electrons. The van der Waals surface area contributed by atoms with E-state index in [4.69, 9.17) is 0 Å². The molecule has 0 unspecified atom stereocenters. The molecule has 3 N–H and O–H groups in total. The van der Waals surface area contributed by atoms with Gasteiger partial charge in [-0.15, -0.1) is 0 Å². The molecule has 1 fully saturated rings. The Bertz CT molecular complexity index is 993. The normalized spacial score (nSPS) is 14.2. The number of aryl methyl sites for hydroxylation is 2. The van der Waals surface area contributed by atoms with Crippen LogP contribution in [0.3, 0.4) is 0 Å². The van der Waals surface area contributed by atoms with Gasteiger partial charge in [-0.05, 0) is 51.0 Å². The van der Waals surface area contributed by atoms with Gasteiger partial charge in [-0.25, -0.2) is 4.79 Å². The fourth-order valence-electron chi connectivity index (χ4n) is 3.87. The lowest BCUT2D eigenvalue weighted by molar-refractivity contribution is -0.117. The summed E-state index contributed by atoms with van der Waals surface area (Å²) in [6.07, 6.45) is 0. The molecule has 1 aliphatic heterocycles. The van der Waals surface area contributed by atoms with Crippen molar-refractivity contribution >= 4 is 29.2 Å². The van der Waals surface area contributed by atoms with Crippen molar-refractivity contribution in [3.8, 4) is 0 Å². The largest absolute Gasteiger partial charge is 0.336 e. The maximum absolute atomic E-state index is 13.1. The molecule has 0 aliphatic carbocycles. The number of hydrogen-bond acceptors (Lipinski definition) is 4. The number of amides is 4. The maximum Gasteiger partial charge on any atom is 0.319 e. The first-order valence-corrected chi connectivity index (χ1v) is 11.3. The fraction of sp³-hybridized carbons (Fsp3) is 0.400. The van der Waals surface area contributed by atoms with Gasteiger partial charge in [-0.2, -0.15) is 0 Å². The zero-order valence-corrected chi connectivity index (χ0v) is 19.8. The van der Waals surface area contributed by atoms with Gasteiger partial charge < -0.3 is 20.9 Å². The van der Waals surface area contributed by atoms with E-state index in [9.17, 15) is 14.4 Å². The third-order valence-corrected chi connectivity index (χ3v) is 5.60. The summed E-state index contributed by atoms with van der Waals surface area (Å²) in [5, 5.41) is 8.55. The molecule has 0 spiro atoms. The molecule has 1 heterocycles. The molecule has 0 saturated carbocycles. The standard InChI is InChI=1S/C25H33N5O3/c1-17(2)26-25(33)27-21-11-6-5-10-20(21)24(32)30-14-12-29(13-15-30)16-22(31)28-23-18(3)8-7-9-19(23)4/h5-11,17H,12-16H2,1-4H3,(H,28,31)(H2,26,27,33). The van der Waals surface area contributed by atoms with E-state index in [1.165, 1.54) is 0 Å². The summed E-state index contributed by atoms with van der Waals surface area (Å²) < 4.78 is 0. The number of para-hydroxylation sites is 2. The summed E-state index contributed by atoms with van der Waals surface area (Å²) in [5.41, 5.74) is 3.87. The lowest BCUT2D eigenvalue weighted by Gasteiger charge is -2.34. The molecule has 33 heavy (non-hydrogen) atoms. The minimum atomic E-state index is -0.343. The Morgan fingerprint density at radius 1 is 0.879 bits per heavy atom. The third-order valence-electron chi connectivity index (χ3n) is 5.60. The molecular formula is C25H33N5O3. The van der Waals surface area contributed by atoms with E-state index in [1.54, 1.807) is 29.2 Å². The molecule has 0 atom stereocenters. The van der Waals surface area contributed by atoms with Crippen molar-refractivity contribution in [2.45, 2.75) is 33.7 Å². The van der Waals surface area contributed by atoms with Crippen LogP contribution in [0.1, 0.15) is 35.3 Å². The predicted molar refractivity (Wildman–Crippen MR) is 131 cm³/mol. The van der Waals surface area contributed by atoms with Crippen LogP contribution < -0.4 is 16.0 Å². The Hall–Kier alpha value is -3.39. The second-order valence-electron chi connectivity index (χ2n) is 8.68. The van der Waals surface area contributed by atoms with E-state index in [1.807, 2.05) is 50.8 Å². The second kappa shape index (κ2) is 11.0. The number of nitrogens with zero attached hydrogens (tertiary/aromatic N) is 2. The molecule has 2 aromatic carbocycles. The first kappa shape index (κ1) is 24.3. The summed E-state index contributed by atoms with van der Waals surface area (Å²) in [7, 11) is 0. The maximum atomic E-state index is 13.1. The van der Waals surface area contributed by atoms with Gasteiger partial charge in [0.2, 0.25) is 5.91 Å². The predicted octanol–water partition coefficient (Wildman–Crippen LogP) is 3.23. The molecule has 1 aliphatic rings. The van der Waals surface area contributed by atoms with Gasteiger partial charge >= 0.3 is 6.03 Å². The van der Waals surface area contributed by atoms with Crippen LogP contribution >= 0.6 is 0 Å². The molecule has 3 rings (SSSR count). The highest BCUT2D eigenvalue weighted by atomic mass is 16.2. The molecular weight excluding hydrogens is 418 g/mol. The average Bonchev–Trinajstić information content (AvgIpc) is 2.76. The van der Waals surface area contributed by atoms with Crippen molar-refractivity contribution in [2.24, 2.45) is 0 Å². The van der Waals surface area contributed by atoms with Gasteiger partial charge in [0.15, 0.2) is 0 Å². The lowest BCUT2D eigenvalue weighted by Crippen LogP contribution is -2.50. The second-order valence-corrected chi connectivity index (χ2v) is 8.68. The molecule has 1 saturated heterocycles. The van der Waals surface area contributed by atoms with Crippen molar-refractivity contribution in [2.75, 3.05) is 43.4 Å². The van der Waals surface area contributed by atoms with Crippen molar-refractivity contribution < 1.29 is 14.4 Å². The molecule has 4 amide bonds. The number of carbonyl (C=O) groups excluding carboxylic acids is 3. The zero-order valence-electron chi connectivity index (χ0n) is 19.8. The highest BCUT2D eigenvalue weighted by molar-refractivity contribution is 6.03. The first-order chi connectivity index (χ1) is 15.7. The summed E-state index contributed by atoms with van der Waals surface area (Å²) in [6, 6.07) is 12.6. The minimum absolute atomic E-state index is 0.00661. The number of benzene rings is 2. The number of rotatable bonds is 6. The Labute approximate surface area is 195 Å². The summed E-state index contributed by atoms with van der Waals surface area (Å²) in [4.78, 5) is 41.6. The van der Waals surface area contributed by atoms with E-state index in [2.05, 4.69) is 16.0 Å². The molecule has 0 radical (unpaired) electrons. The highest BCUT2D eigenvalue weighted by Crippen LogP contribution is 2.20. The number of nitrogens with one attached hydrogen (secondary N) is 3. The molecule has 8 heteroatoms. The van der Waals surface area contributed by atoms with Crippen LogP contribution in [0.2, 0.25) is 0 Å². The van der Waals surface area contributed by atoms with Gasteiger partial charge in [0.25, 0.3) is 5.91 Å². The number of piperazine rings is 1. The van der Waals surface area contributed by atoms with Crippen molar-refractivity contribution in [3.63, 3.8) is 0 Å². The van der Waals surface area contributed by atoms with E-state index >= 15 is 0 Å². The quantitative estimate of drug-likeness (QED) is 0.629. The number of carbonyl (C=O) groups is 3. The van der Waals surface area contributed by atoms with Crippen LogP contribution in [-0.2, 0) is 4.79 Å². The minimum Gasteiger partial charge on any atom is -0.336 e. The van der Waals surface area contributed by atoms with E-state index in [0.717, 1.165) is 16.8 Å². The fourth-order valence-corrected chi connectivity index (χ4v) is 3.87. The molecule has 2 aromatic rings. The lowest BCUT2D eigenvalue weighted by atomic mass is 10.1. The van der Waals surface area contributed by atoms with E-state index in [-0.39, 0.29) is 30.4 Å². The van der Waals surface area contributed by atoms with Gasteiger partial charge in [-0.3, -0.25) is 14.5 Å². The monoisotopic (exact) mass is 451 g/mol. The van der Waals surface area contributed by atoms with Crippen molar-refractivity contribution in [1.82, 2.24) is 15.1 Å². The zero-order chi connectivity index (χ0) is 24.0.